The summed E-state index contributed by atoms with van der Waals surface area (Å²) in [6, 6.07) is 15.4. The fraction of sp³-hybridized carbons (Fsp3) is 0.200. The van der Waals surface area contributed by atoms with Gasteiger partial charge in [-0.25, -0.2) is 0 Å². The van der Waals surface area contributed by atoms with E-state index in [1.807, 2.05) is 0 Å². The van der Waals surface area contributed by atoms with Gasteiger partial charge in [0.05, 0.1) is 5.69 Å². The molecule has 1 heterocycles. The summed E-state index contributed by atoms with van der Waals surface area (Å²) in [5.74, 6) is -0.231. The molecule has 0 saturated heterocycles. The molecule has 0 spiro atoms. The smallest absolute Gasteiger partial charge is 0.279 e. The predicted molar refractivity (Wildman–Crippen MR) is 102 cm³/mol. The molecular weight excluding hydrogens is 352 g/mol. The van der Waals surface area contributed by atoms with Gasteiger partial charge in [0.1, 0.15) is 0 Å². The van der Waals surface area contributed by atoms with Crippen LogP contribution < -0.4 is 4.80 Å². The fourth-order valence-electron chi connectivity index (χ4n) is 3.26. The number of hydrogen-bond acceptors (Lipinski definition) is 2. The lowest BCUT2D eigenvalue weighted by molar-refractivity contribution is 0.0998. The van der Waals surface area contributed by atoms with Gasteiger partial charge in [-0.05, 0) is 49.6 Å². The van der Waals surface area contributed by atoms with Crippen molar-refractivity contribution >= 4 is 28.8 Å². The zero-order valence-corrected chi connectivity index (χ0v) is 15.4. The van der Waals surface area contributed by atoms with Crippen LogP contribution in [0.5, 0.6) is 0 Å². The first-order valence-corrected chi connectivity index (χ1v) is 9.52. The fourth-order valence-corrected chi connectivity index (χ4v) is 4.59. The number of fused-ring (bicyclic) bond motifs is 3. The molecule has 3 aromatic rings. The third-order valence-corrected chi connectivity index (χ3v) is 5.87. The highest BCUT2D eigenvalue weighted by molar-refractivity contribution is 7.09. The van der Waals surface area contributed by atoms with E-state index in [0.717, 1.165) is 24.2 Å². The number of nitrogens with zero attached hydrogens (tertiary/aromatic N) is 2. The highest BCUT2D eigenvalue weighted by Gasteiger charge is 2.21. The number of thiazole rings is 1. The average Bonchev–Trinajstić information content (AvgIpc) is 2.99. The average molecular weight is 369 g/mol. The molecule has 3 nitrogen and oxygen atoms in total. The van der Waals surface area contributed by atoms with Gasteiger partial charge in [-0.2, -0.15) is 4.99 Å². The van der Waals surface area contributed by atoms with Crippen molar-refractivity contribution in [1.29, 1.82) is 0 Å². The Morgan fingerprint density at radius 3 is 2.68 bits per heavy atom. The van der Waals surface area contributed by atoms with E-state index in [1.54, 1.807) is 35.6 Å². The molecule has 5 heteroatoms. The number of rotatable bonds is 2. The lowest BCUT2D eigenvalue weighted by Crippen LogP contribution is -2.18. The van der Waals surface area contributed by atoms with Gasteiger partial charge in [0.15, 0.2) is 4.80 Å². The Morgan fingerprint density at radius 1 is 1.16 bits per heavy atom. The summed E-state index contributed by atoms with van der Waals surface area (Å²) in [5, 5.41) is 0.614. The van der Waals surface area contributed by atoms with Crippen LogP contribution in [0.4, 0.5) is 0 Å². The predicted octanol–water partition coefficient (Wildman–Crippen LogP) is 4.73. The number of carbonyl (C=O) groups is 1. The maximum absolute atomic E-state index is 12.5. The quantitative estimate of drug-likeness (QED) is 0.643. The zero-order valence-electron chi connectivity index (χ0n) is 13.8. The van der Waals surface area contributed by atoms with Crippen LogP contribution in [0.2, 0.25) is 5.02 Å². The maximum Gasteiger partial charge on any atom is 0.279 e. The van der Waals surface area contributed by atoms with Crippen LogP contribution >= 0.6 is 22.9 Å². The SMILES string of the molecule is CCn1c2c(sc1=NC(=O)c1ccc(Cl)cc1)CCc1ccccc1-2. The number of hydrogen-bond donors (Lipinski definition) is 0. The van der Waals surface area contributed by atoms with Gasteiger partial charge in [-0.1, -0.05) is 35.9 Å². The van der Waals surface area contributed by atoms with E-state index in [1.165, 1.54) is 21.7 Å². The van der Waals surface area contributed by atoms with Crippen LogP contribution in [0.3, 0.4) is 0 Å². The monoisotopic (exact) mass is 368 g/mol. The molecule has 2 aromatic carbocycles. The Morgan fingerprint density at radius 2 is 1.92 bits per heavy atom. The zero-order chi connectivity index (χ0) is 17.4. The Bertz CT molecular complexity index is 1010. The van der Waals surface area contributed by atoms with Crippen molar-refractivity contribution in [2.24, 2.45) is 4.99 Å². The van der Waals surface area contributed by atoms with Crippen LogP contribution in [0.1, 0.15) is 27.7 Å². The van der Waals surface area contributed by atoms with E-state index < -0.39 is 0 Å². The molecular formula is C20H17ClN2OS. The van der Waals surface area contributed by atoms with E-state index in [-0.39, 0.29) is 5.91 Å². The highest BCUT2D eigenvalue weighted by atomic mass is 35.5. The van der Waals surface area contributed by atoms with Gasteiger partial charge in [0.2, 0.25) is 0 Å². The van der Waals surface area contributed by atoms with Crippen molar-refractivity contribution in [2.45, 2.75) is 26.3 Å². The molecule has 1 aliphatic carbocycles. The van der Waals surface area contributed by atoms with Gasteiger partial charge >= 0.3 is 0 Å². The minimum Gasteiger partial charge on any atom is -0.316 e. The van der Waals surface area contributed by atoms with Gasteiger partial charge < -0.3 is 4.57 Å². The van der Waals surface area contributed by atoms with Crippen molar-refractivity contribution in [3.8, 4) is 11.3 Å². The molecule has 0 unspecified atom stereocenters. The first kappa shape index (κ1) is 16.3. The first-order valence-electron chi connectivity index (χ1n) is 8.32. The molecule has 25 heavy (non-hydrogen) atoms. The van der Waals surface area contributed by atoms with Gasteiger partial charge in [0.25, 0.3) is 5.91 Å². The van der Waals surface area contributed by atoms with E-state index in [0.29, 0.717) is 10.6 Å². The standard InChI is InChI=1S/C20H17ClN2OS/c1-2-23-18-16-6-4-3-5-13(16)9-12-17(18)25-20(23)22-19(24)14-7-10-15(21)11-8-14/h3-8,10-11H,2,9,12H2,1H3. The normalized spacial score (nSPS) is 13.4. The molecule has 0 fully saturated rings. The van der Waals surface area contributed by atoms with Crippen molar-refractivity contribution < 1.29 is 4.79 Å². The lowest BCUT2D eigenvalue weighted by atomic mass is 9.93. The van der Waals surface area contributed by atoms with E-state index >= 15 is 0 Å². The Hall–Kier alpha value is -2.17. The van der Waals surface area contributed by atoms with E-state index in [9.17, 15) is 4.79 Å². The van der Waals surface area contributed by atoms with Gasteiger partial charge in [-0.3, -0.25) is 4.79 Å². The van der Waals surface area contributed by atoms with Gasteiger partial charge in [0, 0.05) is 27.6 Å². The third-order valence-electron chi connectivity index (χ3n) is 4.48. The molecule has 0 N–H and O–H groups in total. The third kappa shape index (κ3) is 2.96. The topological polar surface area (TPSA) is 34.4 Å². The summed E-state index contributed by atoms with van der Waals surface area (Å²) in [7, 11) is 0. The second kappa shape index (κ2) is 6.62. The summed E-state index contributed by atoms with van der Waals surface area (Å²) >= 11 is 7.52. The number of benzene rings is 2. The molecule has 0 saturated carbocycles. The van der Waals surface area contributed by atoms with Crippen LogP contribution in [0.15, 0.2) is 53.5 Å². The molecule has 1 aliphatic rings. The molecule has 0 bridgehead atoms. The van der Waals surface area contributed by atoms with E-state index in [2.05, 4.69) is 40.7 Å². The molecule has 0 aliphatic heterocycles. The molecule has 1 aromatic heterocycles. The first-order chi connectivity index (χ1) is 12.2. The second-order valence-corrected chi connectivity index (χ2v) is 7.48. The van der Waals surface area contributed by atoms with Gasteiger partial charge in [-0.15, -0.1) is 11.3 Å². The Balaban J connectivity index is 1.84. The molecule has 0 atom stereocenters. The lowest BCUT2D eigenvalue weighted by Gasteiger charge is -2.17. The van der Waals surface area contributed by atoms with Crippen LogP contribution in [0.25, 0.3) is 11.3 Å². The molecule has 1 amide bonds. The summed E-state index contributed by atoms with van der Waals surface area (Å²) in [4.78, 5) is 19.0. The highest BCUT2D eigenvalue weighted by Crippen LogP contribution is 2.34. The number of aromatic nitrogens is 1. The summed E-state index contributed by atoms with van der Waals surface area (Å²) in [5.41, 5.74) is 4.41. The number of carbonyl (C=O) groups excluding carboxylic acids is 1. The van der Waals surface area contributed by atoms with Crippen molar-refractivity contribution in [3.63, 3.8) is 0 Å². The minimum absolute atomic E-state index is 0.231. The van der Waals surface area contributed by atoms with Crippen molar-refractivity contribution in [1.82, 2.24) is 4.57 Å². The van der Waals surface area contributed by atoms with Crippen LogP contribution in [0, 0.1) is 0 Å². The minimum atomic E-state index is -0.231. The summed E-state index contributed by atoms with van der Waals surface area (Å²) in [6.45, 7) is 2.88. The Labute approximate surface area is 155 Å². The molecule has 4 rings (SSSR count). The number of amides is 1. The largest absolute Gasteiger partial charge is 0.316 e. The second-order valence-electron chi connectivity index (χ2n) is 5.98. The summed E-state index contributed by atoms with van der Waals surface area (Å²) < 4.78 is 2.16. The van der Waals surface area contributed by atoms with Crippen molar-refractivity contribution in [2.75, 3.05) is 0 Å². The van der Waals surface area contributed by atoms with Crippen LogP contribution in [-0.2, 0) is 19.4 Å². The summed E-state index contributed by atoms with van der Waals surface area (Å²) in [6.07, 6.45) is 2.04. The van der Waals surface area contributed by atoms with Crippen molar-refractivity contribution in [3.05, 3.63) is 74.4 Å². The Kier molecular flexibility index (Phi) is 4.32. The molecule has 0 radical (unpaired) electrons. The maximum atomic E-state index is 12.5. The number of halogens is 1. The van der Waals surface area contributed by atoms with E-state index in [4.69, 9.17) is 11.6 Å². The number of aryl methyl sites for hydroxylation is 2. The van der Waals surface area contributed by atoms with Crippen LogP contribution in [-0.4, -0.2) is 10.5 Å². The molecule has 126 valence electrons.